The van der Waals surface area contributed by atoms with Gasteiger partial charge in [0, 0.05) is 17.5 Å². The molecular weight excluding hydrogens is 246 g/mol. The fraction of sp³-hybridized carbons (Fsp3) is 0.833. The van der Waals surface area contributed by atoms with Crippen LogP contribution >= 0.6 is 0 Å². The lowest BCUT2D eigenvalue weighted by atomic mass is 9.50. The van der Waals surface area contributed by atoms with Gasteiger partial charge in [0.15, 0.2) is 0 Å². The molecule has 0 unspecified atom stereocenters. The molecule has 1 saturated heterocycles. The Morgan fingerprint density at radius 1 is 1.15 bits per heavy atom. The first kappa shape index (κ1) is 12.9. The number of carbonyl (C=O) groups is 1. The Kier molecular flexibility index (Phi) is 2.66. The zero-order chi connectivity index (χ0) is 14.0. The normalized spacial score (nSPS) is 50.6. The van der Waals surface area contributed by atoms with E-state index in [0.29, 0.717) is 5.41 Å². The van der Waals surface area contributed by atoms with E-state index in [2.05, 4.69) is 25.2 Å². The number of allylic oxidation sites excluding steroid dienone is 2. The van der Waals surface area contributed by atoms with Crippen LogP contribution in [0.15, 0.2) is 11.8 Å². The van der Waals surface area contributed by atoms with Crippen LogP contribution in [0.2, 0.25) is 0 Å². The van der Waals surface area contributed by atoms with Crippen LogP contribution in [0.5, 0.6) is 0 Å². The summed E-state index contributed by atoms with van der Waals surface area (Å²) in [7, 11) is 0. The maximum Gasteiger partial charge on any atom is 0.224 e. The molecule has 2 heteroatoms. The van der Waals surface area contributed by atoms with Crippen LogP contribution in [0.4, 0.5) is 0 Å². The van der Waals surface area contributed by atoms with Crippen molar-refractivity contribution in [2.45, 2.75) is 65.2 Å². The van der Waals surface area contributed by atoms with Gasteiger partial charge >= 0.3 is 0 Å². The highest BCUT2D eigenvalue weighted by atomic mass is 16.1. The van der Waals surface area contributed by atoms with E-state index in [0.717, 1.165) is 30.6 Å². The van der Waals surface area contributed by atoms with Crippen molar-refractivity contribution < 1.29 is 4.79 Å². The largest absolute Gasteiger partial charge is 0.330 e. The van der Waals surface area contributed by atoms with Crippen molar-refractivity contribution in [3.05, 3.63) is 11.8 Å². The summed E-state index contributed by atoms with van der Waals surface area (Å²) < 4.78 is 0. The summed E-state index contributed by atoms with van der Waals surface area (Å²) in [6.45, 7) is 4.97. The summed E-state index contributed by atoms with van der Waals surface area (Å²) in [5.41, 5.74) is 2.14. The topological polar surface area (TPSA) is 29.1 Å². The lowest BCUT2D eigenvalue weighted by molar-refractivity contribution is -0.124. The zero-order valence-corrected chi connectivity index (χ0v) is 12.9. The van der Waals surface area contributed by atoms with E-state index in [4.69, 9.17) is 0 Å². The van der Waals surface area contributed by atoms with Crippen LogP contribution in [0.3, 0.4) is 0 Å². The van der Waals surface area contributed by atoms with Crippen molar-refractivity contribution >= 4 is 5.91 Å². The van der Waals surface area contributed by atoms with Crippen molar-refractivity contribution in [2.75, 3.05) is 0 Å². The van der Waals surface area contributed by atoms with E-state index in [-0.39, 0.29) is 11.3 Å². The van der Waals surface area contributed by atoms with E-state index in [1.165, 1.54) is 44.2 Å². The summed E-state index contributed by atoms with van der Waals surface area (Å²) in [5.74, 6) is 2.85. The minimum absolute atomic E-state index is 0.230. The third-order valence-electron chi connectivity index (χ3n) is 7.39. The third kappa shape index (κ3) is 1.60. The van der Waals surface area contributed by atoms with E-state index in [1.54, 1.807) is 0 Å². The molecule has 0 radical (unpaired) electrons. The molecule has 0 bridgehead atoms. The van der Waals surface area contributed by atoms with Gasteiger partial charge in [0.1, 0.15) is 0 Å². The summed E-state index contributed by atoms with van der Waals surface area (Å²) in [4.78, 5) is 11.7. The van der Waals surface area contributed by atoms with Crippen LogP contribution < -0.4 is 5.32 Å². The maximum absolute atomic E-state index is 11.7. The lowest BCUT2D eigenvalue weighted by Gasteiger charge is -2.56. The highest BCUT2D eigenvalue weighted by Gasteiger charge is 2.55. The molecule has 2 nitrogen and oxygen atoms in total. The van der Waals surface area contributed by atoms with Crippen LogP contribution in [0.25, 0.3) is 0 Å². The number of hydrogen-bond acceptors (Lipinski definition) is 1. The molecule has 1 N–H and O–H groups in total. The predicted molar refractivity (Wildman–Crippen MR) is 79.8 cm³/mol. The Morgan fingerprint density at radius 3 is 2.85 bits per heavy atom. The molecule has 0 aromatic rings. The van der Waals surface area contributed by atoms with Crippen molar-refractivity contribution in [3.63, 3.8) is 0 Å². The van der Waals surface area contributed by atoms with Gasteiger partial charge in [-0.15, -0.1) is 0 Å². The summed E-state index contributed by atoms with van der Waals surface area (Å²) >= 11 is 0. The van der Waals surface area contributed by atoms with Crippen molar-refractivity contribution in [1.29, 1.82) is 0 Å². The number of nitrogens with one attached hydrogen (secondary N) is 1. The molecule has 3 aliphatic carbocycles. The van der Waals surface area contributed by atoms with Crippen molar-refractivity contribution in [2.24, 2.45) is 28.6 Å². The van der Waals surface area contributed by atoms with Crippen molar-refractivity contribution in [1.82, 2.24) is 5.32 Å². The number of amides is 1. The molecule has 2 saturated carbocycles. The first-order chi connectivity index (χ1) is 9.53. The third-order valence-corrected chi connectivity index (χ3v) is 7.39. The molecular formula is C18H27NO. The first-order valence-corrected chi connectivity index (χ1v) is 8.53. The fourth-order valence-electron chi connectivity index (χ4n) is 6.19. The first-order valence-electron chi connectivity index (χ1n) is 8.53. The minimum atomic E-state index is 0.230. The van der Waals surface area contributed by atoms with E-state index >= 15 is 0 Å². The lowest BCUT2D eigenvalue weighted by Crippen LogP contribution is -2.52. The number of carbonyl (C=O) groups excluding carboxylic acids is 1. The van der Waals surface area contributed by atoms with Gasteiger partial charge in [0.25, 0.3) is 0 Å². The average molecular weight is 273 g/mol. The quantitative estimate of drug-likeness (QED) is 0.709. The van der Waals surface area contributed by atoms with Crippen LogP contribution in [-0.4, -0.2) is 5.91 Å². The molecule has 3 fully saturated rings. The van der Waals surface area contributed by atoms with Crippen LogP contribution in [0, 0.1) is 28.6 Å². The van der Waals surface area contributed by atoms with Gasteiger partial charge in [-0.1, -0.05) is 26.3 Å². The highest BCUT2D eigenvalue weighted by molar-refractivity contribution is 5.79. The second-order valence-corrected chi connectivity index (χ2v) is 8.28. The van der Waals surface area contributed by atoms with E-state index in [9.17, 15) is 4.79 Å². The molecule has 4 rings (SSSR count). The smallest absolute Gasteiger partial charge is 0.224 e. The van der Waals surface area contributed by atoms with Gasteiger partial charge in [-0.3, -0.25) is 4.79 Å². The van der Waals surface area contributed by atoms with Crippen molar-refractivity contribution in [3.8, 4) is 0 Å². The summed E-state index contributed by atoms with van der Waals surface area (Å²) in [6.07, 6.45) is 12.5. The number of piperidine rings is 1. The monoisotopic (exact) mass is 273 g/mol. The second kappa shape index (κ2) is 4.11. The number of rotatable bonds is 0. The molecule has 110 valence electrons. The molecule has 20 heavy (non-hydrogen) atoms. The van der Waals surface area contributed by atoms with Crippen LogP contribution in [0.1, 0.15) is 65.2 Å². The number of hydrogen-bond donors (Lipinski definition) is 1. The van der Waals surface area contributed by atoms with Crippen LogP contribution in [-0.2, 0) is 4.79 Å². The average Bonchev–Trinajstić information content (AvgIpc) is 2.81. The van der Waals surface area contributed by atoms with Gasteiger partial charge in [0.05, 0.1) is 0 Å². The molecule has 5 atom stereocenters. The zero-order valence-electron chi connectivity index (χ0n) is 12.9. The fourth-order valence-corrected chi connectivity index (χ4v) is 6.19. The summed E-state index contributed by atoms with van der Waals surface area (Å²) in [5, 5.41) is 3.18. The maximum atomic E-state index is 11.7. The predicted octanol–water partition coefficient (Wildman–Crippen LogP) is 4.02. The Bertz CT molecular complexity index is 482. The Morgan fingerprint density at radius 2 is 2.00 bits per heavy atom. The van der Waals surface area contributed by atoms with Gasteiger partial charge in [-0.25, -0.2) is 0 Å². The number of fused-ring (bicyclic) bond motifs is 5. The molecule has 1 heterocycles. The van der Waals surface area contributed by atoms with Gasteiger partial charge in [-0.05, 0) is 61.7 Å². The molecule has 0 aromatic heterocycles. The molecule has 1 aliphatic heterocycles. The SMILES string of the molecule is C[C@@]12CCC[C@H]1[C@@H]1CC=C3NC(=O)CC[C@]3(C)[C@H]1CC2. The van der Waals surface area contributed by atoms with Gasteiger partial charge in [-0.2, -0.15) is 0 Å². The second-order valence-electron chi connectivity index (χ2n) is 8.28. The van der Waals surface area contributed by atoms with E-state index < -0.39 is 0 Å². The standard InChI is InChI=1S/C18H27NO/c1-17-9-3-4-13(17)12-5-6-15-18(2,14(12)7-10-17)11-8-16(20)19-15/h6,12-14H,3-5,7-11H2,1-2H3,(H,19,20)/t12-,13-,14-,17-,18+/m0/s1. The molecule has 4 aliphatic rings. The molecule has 1 amide bonds. The Balaban J connectivity index is 1.70. The minimum Gasteiger partial charge on any atom is -0.330 e. The van der Waals surface area contributed by atoms with Gasteiger partial charge in [0.2, 0.25) is 5.91 Å². The Hall–Kier alpha value is -0.790. The Labute approximate surface area is 122 Å². The highest BCUT2D eigenvalue weighted by Crippen LogP contribution is 2.63. The molecule has 0 spiro atoms. The summed E-state index contributed by atoms with van der Waals surface area (Å²) in [6, 6.07) is 0. The van der Waals surface area contributed by atoms with E-state index in [1.807, 2.05) is 0 Å². The molecule has 0 aromatic carbocycles. The van der Waals surface area contributed by atoms with Gasteiger partial charge < -0.3 is 5.32 Å².